The van der Waals surface area contributed by atoms with Gasteiger partial charge in [-0.1, -0.05) is 6.07 Å². The largest absolute Gasteiger partial charge is 0.463 e. The molecule has 0 aliphatic heterocycles. The second-order valence-electron chi connectivity index (χ2n) is 3.83. The molecule has 0 atom stereocenters. The van der Waals surface area contributed by atoms with Gasteiger partial charge < -0.3 is 9.53 Å². The third-order valence-corrected chi connectivity index (χ3v) is 2.32. The lowest BCUT2D eigenvalue weighted by atomic mass is 10.1. The standard InChI is InChI=1S/C14H17NO3/c1-3-18-14(17)9-7-12-5-4-10-15-13(12)8-6-11(2)16/h4-5,7,9-10H,3,6,8H2,1-2H3/b9-7+. The monoisotopic (exact) mass is 247 g/mol. The van der Waals surface area contributed by atoms with E-state index in [0.717, 1.165) is 11.3 Å². The van der Waals surface area contributed by atoms with E-state index in [4.69, 9.17) is 4.74 Å². The Morgan fingerprint density at radius 1 is 1.44 bits per heavy atom. The Balaban J connectivity index is 2.75. The van der Waals surface area contributed by atoms with Gasteiger partial charge in [0.15, 0.2) is 0 Å². The average Bonchev–Trinajstić information content (AvgIpc) is 2.35. The number of hydrogen-bond acceptors (Lipinski definition) is 4. The van der Waals surface area contributed by atoms with E-state index in [-0.39, 0.29) is 11.8 Å². The number of nitrogens with zero attached hydrogens (tertiary/aromatic N) is 1. The summed E-state index contributed by atoms with van der Waals surface area (Å²) in [7, 11) is 0. The third-order valence-electron chi connectivity index (χ3n) is 2.32. The first-order chi connectivity index (χ1) is 8.63. The average molecular weight is 247 g/mol. The van der Waals surface area contributed by atoms with Crippen LogP contribution in [0.25, 0.3) is 6.08 Å². The second kappa shape index (κ2) is 7.37. The van der Waals surface area contributed by atoms with Gasteiger partial charge in [0.05, 0.1) is 6.61 Å². The highest BCUT2D eigenvalue weighted by molar-refractivity contribution is 5.87. The number of esters is 1. The molecular formula is C14H17NO3. The van der Waals surface area contributed by atoms with Crippen molar-refractivity contribution in [2.24, 2.45) is 0 Å². The van der Waals surface area contributed by atoms with Crippen molar-refractivity contribution in [3.8, 4) is 0 Å². The summed E-state index contributed by atoms with van der Waals surface area (Å²) >= 11 is 0. The number of pyridine rings is 1. The second-order valence-corrected chi connectivity index (χ2v) is 3.83. The maximum Gasteiger partial charge on any atom is 0.330 e. The lowest BCUT2D eigenvalue weighted by Crippen LogP contribution is -2.01. The van der Waals surface area contributed by atoms with Gasteiger partial charge >= 0.3 is 5.97 Å². The van der Waals surface area contributed by atoms with E-state index in [1.54, 1.807) is 32.2 Å². The van der Waals surface area contributed by atoms with Gasteiger partial charge in [-0.05, 0) is 38.0 Å². The number of hydrogen-bond donors (Lipinski definition) is 0. The fraction of sp³-hybridized carbons (Fsp3) is 0.357. The molecule has 0 spiro atoms. The van der Waals surface area contributed by atoms with Crippen molar-refractivity contribution in [2.45, 2.75) is 26.7 Å². The highest BCUT2D eigenvalue weighted by atomic mass is 16.5. The summed E-state index contributed by atoms with van der Waals surface area (Å²) in [5.41, 5.74) is 1.65. The minimum Gasteiger partial charge on any atom is -0.463 e. The molecule has 0 saturated carbocycles. The number of aryl methyl sites for hydroxylation is 1. The maximum atomic E-state index is 11.2. The lowest BCUT2D eigenvalue weighted by Gasteiger charge is -2.03. The van der Waals surface area contributed by atoms with Crippen LogP contribution in [0.4, 0.5) is 0 Å². The fourth-order valence-electron chi connectivity index (χ4n) is 1.45. The molecule has 0 aliphatic carbocycles. The van der Waals surface area contributed by atoms with Crippen molar-refractivity contribution >= 4 is 17.8 Å². The van der Waals surface area contributed by atoms with Gasteiger partial charge in [-0.2, -0.15) is 0 Å². The molecule has 0 fully saturated rings. The first kappa shape index (κ1) is 14.1. The summed E-state index contributed by atoms with van der Waals surface area (Å²) in [6, 6.07) is 3.65. The smallest absolute Gasteiger partial charge is 0.330 e. The van der Waals surface area contributed by atoms with E-state index in [1.165, 1.54) is 6.08 Å². The highest BCUT2D eigenvalue weighted by Gasteiger charge is 2.03. The van der Waals surface area contributed by atoms with E-state index in [1.807, 2.05) is 6.07 Å². The normalized spacial score (nSPS) is 10.6. The van der Waals surface area contributed by atoms with Gasteiger partial charge in [0, 0.05) is 24.4 Å². The van der Waals surface area contributed by atoms with Gasteiger partial charge in [-0.15, -0.1) is 0 Å². The van der Waals surface area contributed by atoms with Crippen molar-refractivity contribution in [3.05, 3.63) is 35.7 Å². The first-order valence-corrected chi connectivity index (χ1v) is 5.91. The highest BCUT2D eigenvalue weighted by Crippen LogP contribution is 2.10. The molecular weight excluding hydrogens is 230 g/mol. The number of aromatic nitrogens is 1. The van der Waals surface area contributed by atoms with Crippen LogP contribution in [-0.2, 0) is 20.7 Å². The molecule has 0 bridgehead atoms. The molecule has 0 radical (unpaired) electrons. The van der Waals surface area contributed by atoms with E-state index in [9.17, 15) is 9.59 Å². The van der Waals surface area contributed by atoms with Crippen LogP contribution in [0, 0.1) is 0 Å². The van der Waals surface area contributed by atoms with Gasteiger partial charge in [-0.3, -0.25) is 4.98 Å². The van der Waals surface area contributed by atoms with Gasteiger partial charge in [0.1, 0.15) is 5.78 Å². The minimum absolute atomic E-state index is 0.126. The Hall–Kier alpha value is -1.97. The van der Waals surface area contributed by atoms with Crippen molar-refractivity contribution < 1.29 is 14.3 Å². The van der Waals surface area contributed by atoms with Crippen molar-refractivity contribution in [1.82, 2.24) is 4.98 Å². The van der Waals surface area contributed by atoms with Gasteiger partial charge in [0.2, 0.25) is 0 Å². The zero-order valence-corrected chi connectivity index (χ0v) is 10.7. The topological polar surface area (TPSA) is 56.3 Å². The maximum absolute atomic E-state index is 11.2. The molecule has 1 aromatic rings. The molecule has 0 aromatic carbocycles. The number of carbonyl (C=O) groups excluding carboxylic acids is 2. The summed E-state index contributed by atoms with van der Waals surface area (Å²) in [6.07, 6.45) is 5.76. The Bertz CT molecular complexity index is 452. The predicted octanol–water partition coefficient (Wildman–Crippen LogP) is 2.18. The summed E-state index contributed by atoms with van der Waals surface area (Å²) < 4.78 is 4.80. The fourth-order valence-corrected chi connectivity index (χ4v) is 1.45. The van der Waals surface area contributed by atoms with E-state index >= 15 is 0 Å². The minimum atomic E-state index is -0.376. The van der Waals surface area contributed by atoms with Gasteiger partial charge in [0.25, 0.3) is 0 Å². The van der Waals surface area contributed by atoms with Crippen LogP contribution in [-0.4, -0.2) is 23.3 Å². The molecule has 0 amide bonds. The molecule has 0 aliphatic rings. The zero-order chi connectivity index (χ0) is 13.4. The molecule has 1 rings (SSSR count). The van der Waals surface area contributed by atoms with Crippen LogP contribution in [0.1, 0.15) is 31.5 Å². The number of ether oxygens (including phenoxy) is 1. The number of ketones is 1. The Kier molecular flexibility index (Phi) is 5.77. The zero-order valence-electron chi connectivity index (χ0n) is 10.7. The van der Waals surface area contributed by atoms with Crippen molar-refractivity contribution in [2.75, 3.05) is 6.61 Å². The van der Waals surface area contributed by atoms with Crippen LogP contribution in [0.5, 0.6) is 0 Å². The first-order valence-electron chi connectivity index (χ1n) is 5.91. The van der Waals surface area contributed by atoms with Gasteiger partial charge in [-0.25, -0.2) is 4.79 Å². The molecule has 18 heavy (non-hydrogen) atoms. The van der Waals surface area contributed by atoms with Crippen LogP contribution in [0.2, 0.25) is 0 Å². The van der Waals surface area contributed by atoms with Crippen LogP contribution < -0.4 is 0 Å². The van der Waals surface area contributed by atoms with E-state index in [2.05, 4.69) is 4.98 Å². The third kappa shape index (κ3) is 4.91. The Morgan fingerprint density at radius 2 is 2.22 bits per heavy atom. The molecule has 0 unspecified atom stereocenters. The summed E-state index contributed by atoms with van der Waals surface area (Å²) in [4.78, 5) is 26.4. The predicted molar refractivity (Wildman–Crippen MR) is 68.9 cm³/mol. The molecule has 4 heteroatoms. The summed E-state index contributed by atoms with van der Waals surface area (Å²) in [5.74, 6) is -0.250. The van der Waals surface area contributed by atoms with Crippen molar-refractivity contribution in [3.63, 3.8) is 0 Å². The molecule has 0 N–H and O–H groups in total. The van der Waals surface area contributed by atoms with Crippen LogP contribution in [0.3, 0.4) is 0 Å². The molecule has 0 saturated heterocycles. The summed E-state index contributed by atoms with van der Waals surface area (Å²) in [5, 5.41) is 0. The number of rotatable bonds is 6. The van der Waals surface area contributed by atoms with E-state index < -0.39 is 0 Å². The Labute approximate surface area is 107 Å². The lowest BCUT2D eigenvalue weighted by molar-refractivity contribution is -0.137. The molecule has 1 aromatic heterocycles. The van der Waals surface area contributed by atoms with Crippen LogP contribution >= 0.6 is 0 Å². The number of Topliss-reactive ketones (excluding diaryl/α,β-unsaturated/α-hetero) is 1. The van der Waals surface area contributed by atoms with Crippen LogP contribution in [0.15, 0.2) is 24.4 Å². The van der Waals surface area contributed by atoms with Crippen molar-refractivity contribution in [1.29, 1.82) is 0 Å². The summed E-state index contributed by atoms with van der Waals surface area (Å²) in [6.45, 7) is 3.67. The SMILES string of the molecule is CCOC(=O)/C=C/c1cccnc1CCC(C)=O. The molecule has 96 valence electrons. The molecule has 1 heterocycles. The molecule has 4 nitrogen and oxygen atoms in total. The Morgan fingerprint density at radius 3 is 2.89 bits per heavy atom. The quantitative estimate of drug-likeness (QED) is 0.571. The van der Waals surface area contributed by atoms with E-state index in [0.29, 0.717) is 19.4 Å². The number of carbonyl (C=O) groups is 2.